The lowest BCUT2D eigenvalue weighted by Crippen LogP contribution is -2.42. The van der Waals surface area contributed by atoms with E-state index in [4.69, 9.17) is 4.84 Å². The van der Waals surface area contributed by atoms with E-state index in [0.717, 1.165) is 17.8 Å². The van der Waals surface area contributed by atoms with Crippen molar-refractivity contribution in [3.63, 3.8) is 0 Å². The van der Waals surface area contributed by atoms with Crippen molar-refractivity contribution < 1.29 is 9.63 Å². The number of amides is 2. The first kappa shape index (κ1) is 12.4. The second-order valence-electron chi connectivity index (χ2n) is 4.72. The van der Waals surface area contributed by atoms with Crippen LogP contribution in [0.15, 0.2) is 35.5 Å². The van der Waals surface area contributed by atoms with Gasteiger partial charge >= 0.3 is 6.03 Å². The third kappa shape index (κ3) is 3.23. The highest BCUT2D eigenvalue weighted by atomic mass is 16.7. The molecule has 1 aliphatic heterocycles. The van der Waals surface area contributed by atoms with E-state index in [9.17, 15) is 4.79 Å². The van der Waals surface area contributed by atoms with Gasteiger partial charge in [0, 0.05) is 12.1 Å². The summed E-state index contributed by atoms with van der Waals surface area (Å²) in [5.41, 5.74) is 1.28. The average Bonchev–Trinajstić information content (AvgIpc) is 2.69. The smallest absolute Gasteiger partial charge is 0.319 e. The normalized spacial score (nSPS) is 22.0. The highest BCUT2D eigenvalue weighted by Gasteiger charge is 2.32. The van der Waals surface area contributed by atoms with Crippen molar-refractivity contribution in [3.8, 4) is 0 Å². The summed E-state index contributed by atoms with van der Waals surface area (Å²) in [6.07, 6.45) is 0.735. The van der Waals surface area contributed by atoms with Crippen LogP contribution in [0.25, 0.3) is 0 Å². The summed E-state index contributed by atoms with van der Waals surface area (Å²) in [7, 11) is 0. The Morgan fingerprint density at radius 2 is 2.17 bits per heavy atom. The maximum absolute atomic E-state index is 11.7. The van der Waals surface area contributed by atoms with Crippen molar-refractivity contribution in [1.29, 1.82) is 0 Å². The third-order valence-electron chi connectivity index (χ3n) is 2.71. The lowest BCUT2D eigenvalue weighted by molar-refractivity contribution is -0.0000958. The number of oxime groups is 1. The zero-order valence-corrected chi connectivity index (χ0v) is 10.6. The molecule has 0 unspecified atom stereocenters. The maximum Gasteiger partial charge on any atom is 0.319 e. The predicted octanol–water partition coefficient (Wildman–Crippen LogP) is 2.36. The predicted molar refractivity (Wildman–Crippen MR) is 70.7 cm³/mol. The number of rotatable bonds is 3. The van der Waals surface area contributed by atoms with Gasteiger partial charge in [-0.05, 0) is 26.0 Å². The summed E-state index contributed by atoms with van der Waals surface area (Å²) >= 11 is 0. The molecule has 18 heavy (non-hydrogen) atoms. The molecule has 0 spiro atoms. The minimum absolute atomic E-state index is 0.240. The van der Waals surface area contributed by atoms with Crippen molar-refractivity contribution in [2.24, 2.45) is 5.16 Å². The SMILES string of the molecule is CC1=NO[C@](C)(CNC(=O)Nc2ccccc2)C1. The number of para-hydroxylation sites is 1. The van der Waals surface area contributed by atoms with E-state index >= 15 is 0 Å². The number of hydrogen-bond donors (Lipinski definition) is 2. The number of urea groups is 1. The van der Waals surface area contributed by atoms with E-state index in [2.05, 4.69) is 15.8 Å². The van der Waals surface area contributed by atoms with Gasteiger partial charge in [-0.3, -0.25) is 0 Å². The number of carbonyl (C=O) groups excluding carboxylic acids is 1. The number of hydrogen-bond acceptors (Lipinski definition) is 3. The molecule has 2 amide bonds. The number of carbonyl (C=O) groups is 1. The van der Waals surface area contributed by atoms with E-state index in [1.165, 1.54) is 0 Å². The first-order valence-corrected chi connectivity index (χ1v) is 5.89. The van der Waals surface area contributed by atoms with E-state index in [1.54, 1.807) is 0 Å². The second-order valence-corrected chi connectivity index (χ2v) is 4.72. The fourth-order valence-electron chi connectivity index (χ4n) is 1.85. The summed E-state index contributed by atoms with van der Waals surface area (Å²) < 4.78 is 0. The zero-order valence-electron chi connectivity index (χ0n) is 10.6. The number of anilines is 1. The molecular formula is C13H17N3O2. The maximum atomic E-state index is 11.7. The Morgan fingerprint density at radius 3 is 2.78 bits per heavy atom. The van der Waals surface area contributed by atoms with Crippen LogP contribution in [0.5, 0.6) is 0 Å². The van der Waals surface area contributed by atoms with Crippen molar-refractivity contribution in [1.82, 2.24) is 5.32 Å². The summed E-state index contributed by atoms with van der Waals surface area (Å²) in [4.78, 5) is 17.0. The van der Waals surface area contributed by atoms with Crippen LogP contribution in [0.4, 0.5) is 10.5 Å². The molecule has 1 aliphatic rings. The summed E-state index contributed by atoms with van der Waals surface area (Å²) in [6.45, 7) is 4.26. The van der Waals surface area contributed by atoms with Crippen molar-refractivity contribution >= 4 is 17.4 Å². The van der Waals surface area contributed by atoms with Crippen LogP contribution in [0.3, 0.4) is 0 Å². The number of nitrogens with one attached hydrogen (secondary N) is 2. The fourth-order valence-corrected chi connectivity index (χ4v) is 1.85. The Labute approximate surface area is 106 Å². The lowest BCUT2D eigenvalue weighted by atomic mass is 10.0. The molecule has 1 atom stereocenters. The molecule has 2 rings (SSSR count). The molecule has 1 aromatic rings. The van der Waals surface area contributed by atoms with Gasteiger partial charge in [0.05, 0.1) is 12.3 Å². The van der Waals surface area contributed by atoms with Crippen LogP contribution in [0.2, 0.25) is 0 Å². The standard InChI is InChI=1S/C13H17N3O2/c1-10-8-13(2,18-16-10)9-14-12(17)15-11-6-4-3-5-7-11/h3-7H,8-9H2,1-2H3,(H2,14,15,17)/t13-/m0/s1. The first-order valence-electron chi connectivity index (χ1n) is 5.89. The minimum Gasteiger partial charge on any atom is -0.387 e. The van der Waals surface area contributed by atoms with Gasteiger partial charge in [-0.15, -0.1) is 0 Å². The van der Waals surface area contributed by atoms with E-state index in [-0.39, 0.29) is 6.03 Å². The Hall–Kier alpha value is -2.04. The molecule has 0 bridgehead atoms. The second kappa shape index (κ2) is 5.08. The van der Waals surface area contributed by atoms with Gasteiger partial charge in [0.1, 0.15) is 0 Å². The Balaban J connectivity index is 1.79. The van der Waals surface area contributed by atoms with Gasteiger partial charge in [-0.2, -0.15) is 0 Å². The Morgan fingerprint density at radius 1 is 1.44 bits per heavy atom. The Bertz CT molecular complexity index is 459. The van der Waals surface area contributed by atoms with Gasteiger partial charge < -0.3 is 15.5 Å². The van der Waals surface area contributed by atoms with Crippen LogP contribution in [-0.4, -0.2) is 23.9 Å². The quantitative estimate of drug-likeness (QED) is 0.861. The molecule has 0 aliphatic carbocycles. The van der Waals surface area contributed by atoms with Crippen molar-refractivity contribution in [3.05, 3.63) is 30.3 Å². The van der Waals surface area contributed by atoms with Crippen LogP contribution in [0.1, 0.15) is 20.3 Å². The van der Waals surface area contributed by atoms with Gasteiger partial charge in [-0.25, -0.2) is 4.79 Å². The molecule has 5 nitrogen and oxygen atoms in total. The largest absolute Gasteiger partial charge is 0.387 e. The molecule has 0 fully saturated rings. The molecule has 5 heteroatoms. The molecule has 0 aromatic heterocycles. The molecule has 0 saturated carbocycles. The zero-order chi connectivity index (χ0) is 13.0. The molecule has 1 aromatic carbocycles. The minimum atomic E-state index is -0.432. The molecule has 2 N–H and O–H groups in total. The van der Waals surface area contributed by atoms with Gasteiger partial charge in [0.25, 0.3) is 0 Å². The third-order valence-corrected chi connectivity index (χ3v) is 2.71. The molecule has 1 heterocycles. The van der Waals surface area contributed by atoms with Crippen molar-refractivity contribution in [2.75, 3.05) is 11.9 Å². The monoisotopic (exact) mass is 247 g/mol. The number of benzene rings is 1. The van der Waals surface area contributed by atoms with Crippen molar-refractivity contribution in [2.45, 2.75) is 25.9 Å². The van der Waals surface area contributed by atoms with Gasteiger partial charge in [-0.1, -0.05) is 23.4 Å². The average molecular weight is 247 g/mol. The molecular weight excluding hydrogens is 230 g/mol. The van der Waals surface area contributed by atoms with Crippen LogP contribution in [-0.2, 0) is 4.84 Å². The topological polar surface area (TPSA) is 62.7 Å². The highest BCUT2D eigenvalue weighted by molar-refractivity contribution is 5.89. The molecule has 0 saturated heterocycles. The Kier molecular flexibility index (Phi) is 3.50. The van der Waals surface area contributed by atoms with E-state index in [1.807, 2.05) is 44.2 Å². The van der Waals surface area contributed by atoms with Crippen LogP contribution >= 0.6 is 0 Å². The molecule has 96 valence electrons. The van der Waals surface area contributed by atoms with Gasteiger partial charge in [0.15, 0.2) is 5.60 Å². The highest BCUT2D eigenvalue weighted by Crippen LogP contribution is 2.22. The first-order chi connectivity index (χ1) is 8.57. The summed E-state index contributed by atoms with van der Waals surface area (Å²) in [5.74, 6) is 0. The summed E-state index contributed by atoms with van der Waals surface area (Å²) in [5, 5.41) is 9.43. The van der Waals surface area contributed by atoms with Crippen LogP contribution in [0, 0.1) is 0 Å². The lowest BCUT2D eigenvalue weighted by Gasteiger charge is -2.21. The van der Waals surface area contributed by atoms with E-state index in [0.29, 0.717) is 6.54 Å². The summed E-state index contributed by atoms with van der Waals surface area (Å²) in [6, 6.07) is 9.07. The number of nitrogens with zero attached hydrogens (tertiary/aromatic N) is 1. The fraction of sp³-hybridized carbons (Fsp3) is 0.385. The van der Waals surface area contributed by atoms with Gasteiger partial charge in [0.2, 0.25) is 0 Å². The van der Waals surface area contributed by atoms with Crippen LogP contribution < -0.4 is 10.6 Å². The molecule has 0 radical (unpaired) electrons. The van der Waals surface area contributed by atoms with E-state index < -0.39 is 5.60 Å².